The van der Waals surface area contributed by atoms with Crippen molar-refractivity contribution in [1.82, 2.24) is 14.7 Å². The highest BCUT2D eigenvalue weighted by atomic mass is 16.2. The normalized spacial score (nSPS) is 19.1. The Morgan fingerprint density at radius 3 is 2.31 bits per heavy atom. The van der Waals surface area contributed by atoms with Gasteiger partial charge in [-0.3, -0.25) is 9.69 Å². The molecule has 0 aromatic heterocycles. The molecule has 0 N–H and O–H groups in total. The minimum Gasteiger partial charge on any atom is -0.348 e. The Labute approximate surface area is 99.2 Å². The predicted molar refractivity (Wildman–Crippen MR) is 66.5 cm³/mol. The van der Waals surface area contributed by atoms with E-state index in [1.807, 2.05) is 14.1 Å². The van der Waals surface area contributed by atoms with Crippen LogP contribution in [0.5, 0.6) is 0 Å². The van der Waals surface area contributed by atoms with Gasteiger partial charge in [-0.25, -0.2) is 0 Å². The van der Waals surface area contributed by atoms with E-state index in [0.29, 0.717) is 12.6 Å². The molecule has 1 aliphatic heterocycles. The van der Waals surface area contributed by atoms with E-state index < -0.39 is 0 Å². The molecular formula is C12H25N3O. The number of nitrogens with zero attached hydrogens (tertiary/aromatic N) is 3. The van der Waals surface area contributed by atoms with Crippen molar-refractivity contribution in [2.75, 3.05) is 47.3 Å². The lowest BCUT2D eigenvalue weighted by molar-refractivity contribution is -0.130. The average molecular weight is 227 g/mol. The van der Waals surface area contributed by atoms with Crippen molar-refractivity contribution in [3.8, 4) is 0 Å². The Morgan fingerprint density at radius 2 is 1.88 bits per heavy atom. The van der Waals surface area contributed by atoms with Crippen LogP contribution >= 0.6 is 0 Å². The number of carbonyl (C=O) groups excluding carboxylic acids is 1. The molecule has 1 fully saturated rings. The third-order valence-corrected chi connectivity index (χ3v) is 3.45. The Hall–Kier alpha value is -0.610. The monoisotopic (exact) mass is 227 g/mol. The molecule has 1 aliphatic rings. The number of amides is 1. The number of rotatable bonds is 4. The second-order valence-electron chi connectivity index (χ2n) is 4.89. The molecule has 0 atom stereocenters. The lowest BCUT2D eigenvalue weighted by Crippen LogP contribution is -2.47. The highest BCUT2D eigenvalue weighted by Crippen LogP contribution is 2.15. The second-order valence-corrected chi connectivity index (χ2v) is 4.89. The van der Waals surface area contributed by atoms with Crippen molar-refractivity contribution >= 4 is 5.91 Å². The molecular weight excluding hydrogens is 202 g/mol. The summed E-state index contributed by atoms with van der Waals surface area (Å²) in [7, 11) is 5.81. The first-order valence-corrected chi connectivity index (χ1v) is 6.17. The summed E-state index contributed by atoms with van der Waals surface area (Å²) in [5.74, 6) is 0.209. The number of hydrogen-bond acceptors (Lipinski definition) is 3. The van der Waals surface area contributed by atoms with Crippen LogP contribution in [0.2, 0.25) is 0 Å². The first-order valence-electron chi connectivity index (χ1n) is 6.17. The highest BCUT2D eigenvalue weighted by molar-refractivity contribution is 5.77. The lowest BCUT2D eigenvalue weighted by atomic mass is 10.0. The number of carbonyl (C=O) groups is 1. The molecule has 1 rings (SSSR count). The van der Waals surface area contributed by atoms with Gasteiger partial charge in [-0.15, -0.1) is 0 Å². The lowest BCUT2D eigenvalue weighted by Gasteiger charge is -2.36. The molecule has 0 bridgehead atoms. The number of piperidine rings is 1. The molecule has 0 aromatic carbocycles. The van der Waals surface area contributed by atoms with Gasteiger partial charge in [-0.05, 0) is 39.5 Å². The fourth-order valence-corrected chi connectivity index (χ4v) is 2.17. The van der Waals surface area contributed by atoms with Gasteiger partial charge in [-0.1, -0.05) is 6.92 Å². The first kappa shape index (κ1) is 13.5. The van der Waals surface area contributed by atoms with Crippen LogP contribution in [-0.4, -0.2) is 74.0 Å². The summed E-state index contributed by atoms with van der Waals surface area (Å²) in [4.78, 5) is 18.0. The Balaban J connectivity index is 2.44. The molecule has 16 heavy (non-hydrogen) atoms. The standard InChI is InChI=1S/C12H25N3O/c1-5-15(10-12(16)13(2)3)11-6-8-14(4)9-7-11/h11H,5-10H2,1-4H3. The van der Waals surface area contributed by atoms with Crippen LogP contribution < -0.4 is 0 Å². The van der Waals surface area contributed by atoms with Gasteiger partial charge in [0.15, 0.2) is 0 Å². The zero-order valence-electron chi connectivity index (χ0n) is 11.1. The fraction of sp³-hybridized carbons (Fsp3) is 0.917. The molecule has 4 nitrogen and oxygen atoms in total. The molecule has 94 valence electrons. The van der Waals surface area contributed by atoms with Crippen molar-refractivity contribution in [2.24, 2.45) is 0 Å². The van der Waals surface area contributed by atoms with Gasteiger partial charge in [0.2, 0.25) is 5.91 Å². The Bertz CT molecular complexity index is 222. The smallest absolute Gasteiger partial charge is 0.236 e. The van der Waals surface area contributed by atoms with Gasteiger partial charge in [0.25, 0.3) is 0 Å². The molecule has 4 heteroatoms. The van der Waals surface area contributed by atoms with Crippen LogP contribution in [0.3, 0.4) is 0 Å². The van der Waals surface area contributed by atoms with E-state index in [1.165, 1.54) is 12.8 Å². The van der Waals surface area contributed by atoms with Crippen molar-refractivity contribution in [3.05, 3.63) is 0 Å². The first-order chi connectivity index (χ1) is 7.54. The zero-order chi connectivity index (χ0) is 12.1. The molecule has 0 radical (unpaired) electrons. The van der Waals surface area contributed by atoms with E-state index in [9.17, 15) is 4.79 Å². The van der Waals surface area contributed by atoms with Crippen LogP contribution in [0.1, 0.15) is 19.8 Å². The summed E-state index contributed by atoms with van der Waals surface area (Å²) in [6, 6.07) is 0.588. The van der Waals surface area contributed by atoms with Gasteiger partial charge in [0.05, 0.1) is 6.54 Å². The number of hydrogen-bond donors (Lipinski definition) is 0. The van der Waals surface area contributed by atoms with Crippen LogP contribution in [0, 0.1) is 0 Å². The summed E-state index contributed by atoms with van der Waals surface area (Å²) in [6.07, 6.45) is 2.37. The molecule has 0 aromatic rings. The van der Waals surface area contributed by atoms with E-state index in [0.717, 1.165) is 19.6 Å². The maximum atomic E-state index is 11.7. The maximum Gasteiger partial charge on any atom is 0.236 e. The predicted octanol–water partition coefficient (Wildman–Crippen LogP) is 0.491. The van der Waals surface area contributed by atoms with Crippen LogP contribution in [-0.2, 0) is 4.79 Å². The quantitative estimate of drug-likeness (QED) is 0.699. The summed E-state index contributed by atoms with van der Waals surface area (Å²) in [5.41, 5.74) is 0. The molecule has 0 spiro atoms. The van der Waals surface area contributed by atoms with Gasteiger partial charge in [-0.2, -0.15) is 0 Å². The largest absolute Gasteiger partial charge is 0.348 e. The van der Waals surface area contributed by atoms with Gasteiger partial charge < -0.3 is 9.80 Å². The van der Waals surface area contributed by atoms with Crippen molar-refractivity contribution in [1.29, 1.82) is 0 Å². The third kappa shape index (κ3) is 3.76. The molecule has 1 amide bonds. The minimum atomic E-state index is 0.209. The van der Waals surface area contributed by atoms with Crippen LogP contribution in [0.25, 0.3) is 0 Å². The summed E-state index contributed by atoms with van der Waals surface area (Å²) in [6.45, 7) is 5.97. The van der Waals surface area contributed by atoms with E-state index in [-0.39, 0.29) is 5.91 Å². The summed E-state index contributed by atoms with van der Waals surface area (Å²) in [5, 5.41) is 0. The third-order valence-electron chi connectivity index (χ3n) is 3.45. The van der Waals surface area contributed by atoms with Gasteiger partial charge in [0.1, 0.15) is 0 Å². The van der Waals surface area contributed by atoms with Crippen molar-refractivity contribution in [3.63, 3.8) is 0 Å². The van der Waals surface area contributed by atoms with Crippen molar-refractivity contribution in [2.45, 2.75) is 25.8 Å². The van der Waals surface area contributed by atoms with Crippen LogP contribution in [0.4, 0.5) is 0 Å². The molecule has 0 aliphatic carbocycles. The van der Waals surface area contributed by atoms with E-state index in [1.54, 1.807) is 4.90 Å². The SMILES string of the molecule is CCN(CC(=O)N(C)C)C1CCN(C)CC1. The van der Waals surface area contributed by atoms with Crippen molar-refractivity contribution < 1.29 is 4.79 Å². The molecule has 0 saturated carbocycles. The van der Waals surface area contributed by atoms with Gasteiger partial charge >= 0.3 is 0 Å². The Morgan fingerprint density at radius 1 is 1.31 bits per heavy atom. The molecule has 1 saturated heterocycles. The maximum absolute atomic E-state index is 11.7. The Kier molecular flexibility index (Phi) is 5.22. The molecule has 0 unspecified atom stereocenters. The summed E-state index contributed by atoms with van der Waals surface area (Å²) < 4.78 is 0. The number of likely N-dealkylation sites (tertiary alicyclic amines) is 1. The van der Waals surface area contributed by atoms with Crippen LogP contribution in [0.15, 0.2) is 0 Å². The fourth-order valence-electron chi connectivity index (χ4n) is 2.17. The minimum absolute atomic E-state index is 0.209. The van der Waals surface area contributed by atoms with E-state index in [2.05, 4.69) is 23.8 Å². The summed E-state index contributed by atoms with van der Waals surface area (Å²) >= 11 is 0. The molecule has 1 heterocycles. The number of likely N-dealkylation sites (N-methyl/N-ethyl adjacent to an activating group) is 2. The highest BCUT2D eigenvalue weighted by Gasteiger charge is 2.23. The topological polar surface area (TPSA) is 26.8 Å². The van der Waals surface area contributed by atoms with E-state index in [4.69, 9.17) is 0 Å². The van der Waals surface area contributed by atoms with Gasteiger partial charge in [0, 0.05) is 20.1 Å². The average Bonchev–Trinajstić information content (AvgIpc) is 2.26. The van der Waals surface area contributed by atoms with E-state index >= 15 is 0 Å². The zero-order valence-corrected chi connectivity index (χ0v) is 11.1. The second kappa shape index (κ2) is 6.21.